The summed E-state index contributed by atoms with van der Waals surface area (Å²) >= 11 is 5.74. The van der Waals surface area contributed by atoms with Crippen LogP contribution in [0.15, 0.2) is 23.2 Å². The van der Waals surface area contributed by atoms with Crippen molar-refractivity contribution in [2.24, 2.45) is 4.99 Å². The highest BCUT2D eigenvalue weighted by molar-refractivity contribution is 6.33. The molecule has 2 rings (SSSR count). The standard InChI is InChI=1S/C14H11ClF6N2O/c15-8-2-3-10-9(6-8)12(14(19,20)21,22-7-11(24)23-10)4-1-5-13(16,17)18/h2-3,6-7H,1,4-5H2,(H,23,24). The van der Waals surface area contributed by atoms with E-state index in [1.165, 1.54) is 6.07 Å². The van der Waals surface area contributed by atoms with Gasteiger partial charge in [-0.3, -0.25) is 9.79 Å². The first-order valence-electron chi connectivity index (χ1n) is 6.74. The van der Waals surface area contributed by atoms with Gasteiger partial charge in [-0.05, 0) is 31.0 Å². The van der Waals surface area contributed by atoms with E-state index < -0.39 is 48.6 Å². The molecular weight excluding hydrogens is 362 g/mol. The molecule has 1 atom stereocenters. The number of fused-ring (bicyclic) bond motifs is 1. The van der Waals surface area contributed by atoms with Gasteiger partial charge in [-0.2, -0.15) is 26.3 Å². The zero-order valence-corrected chi connectivity index (χ0v) is 12.7. The van der Waals surface area contributed by atoms with Crippen molar-refractivity contribution in [1.29, 1.82) is 0 Å². The van der Waals surface area contributed by atoms with Crippen molar-refractivity contribution in [2.75, 3.05) is 5.32 Å². The van der Waals surface area contributed by atoms with Gasteiger partial charge >= 0.3 is 12.4 Å². The summed E-state index contributed by atoms with van der Waals surface area (Å²) in [6, 6.07) is 3.39. The summed E-state index contributed by atoms with van der Waals surface area (Å²) in [5.74, 6) is -0.902. The molecule has 1 aliphatic heterocycles. The topological polar surface area (TPSA) is 41.5 Å². The van der Waals surface area contributed by atoms with Crippen molar-refractivity contribution in [2.45, 2.75) is 37.2 Å². The van der Waals surface area contributed by atoms with Crippen molar-refractivity contribution in [3.63, 3.8) is 0 Å². The lowest BCUT2D eigenvalue weighted by Crippen LogP contribution is -2.41. The number of rotatable bonds is 3. The van der Waals surface area contributed by atoms with Gasteiger partial charge in [-0.25, -0.2) is 0 Å². The highest BCUT2D eigenvalue weighted by Gasteiger charge is 2.57. The SMILES string of the molecule is O=C1C=NC(CCCC(F)(F)F)(C(F)(F)F)c2cc(Cl)ccc2N1. The second-order valence-corrected chi connectivity index (χ2v) is 5.70. The van der Waals surface area contributed by atoms with Crippen LogP contribution in [0.5, 0.6) is 0 Å². The molecule has 0 spiro atoms. The number of carbonyl (C=O) groups excluding carboxylic acids is 1. The Balaban J connectivity index is 2.54. The lowest BCUT2D eigenvalue weighted by atomic mass is 9.83. The third-order valence-corrected chi connectivity index (χ3v) is 3.79. The average molecular weight is 373 g/mol. The Labute approximate surface area is 137 Å². The molecule has 10 heteroatoms. The van der Waals surface area contributed by atoms with Gasteiger partial charge in [0, 0.05) is 22.7 Å². The summed E-state index contributed by atoms with van der Waals surface area (Å²) in [7, 11) is 0. The molecule has 3 nitrogen and oxygen atoms in total. The third-order valence-electron chi connectivity index (χ3n) is 3.56. The van der Waals surface area contributed by atoms with Crippen LogP contribution in [-0.4, -0.2) is 24.5 Å². The van der Waals surface area contributed by atoms with Crippen LogP contribution in [0.4, 0.5) is 32.0 Å². The largest absolute Gasteiger partial charge is 0.417 e. The number of amides is 1. The van der Waals surface area contributed by atoms with Crippen LogP contribution in [0.1, 0.15) is 24.8 Å². The van der Waals surface area contributed by atoms with Gasteiger partial charge in [0.25, 0.3) is 5.91 Å². The Kier molecular flexibility index (Phi) is 4.85. The molecule has 0 saturated heterocycles. The minimum atomic E-state index is -5.01. The number of nitrogens with zero attached hydrogens (tertiary/aromatic N) is 1. The molecule has 0 bridgehead atoms. The van der Waals surface area contributed by atoms with Crippen LogP contribution in [0, 0.1) is 0 Å². The van der Waals surface area contributed by atoms with E-state index in [4.69, 9.17) is 11.6 Å². The molecule has 24 heavy (non-hydrogen) atoms. The van der Waals surface area contributed by atoms with Gasteiger partial charge in [0.05, 0.1) is 6.21 Å². The van der Waals surface area contributed by atoms with Crippen molar-refractivity contribution in [1.82, 2.24) is 0 Å². The number of anilines is 1. The van der Waals surface area contributed by atoms with E-state index in [-0.39, 0.29) is 10.7 Å². The number of aliphatic imine (C=N–C) groups is 1. The van der Waals surface area contributed by atoms with Crippen molar-refractivity contribution in [3.8, 4) is 0 Å². The van der Waals surface area contributed by atoms with E-state index in [1.807, 2.05) is 0 Å². The van der Waals surface area contributed by atoms with Crippen LogP contribution in [0.2, 0.25) is 5.02 Å². The van der Waals surface area contributed by atoms with Crippen molar-refractivity contribution in [3.05, 3.63) is 28.8 Å². The smallest absolute Gasteiger partial charge is 0.321 e. The second-order valence-electron chi connectivity index (χ2n) is 5.26. The minimum Gasteiger partial charge on any atom is -0.321 e. The number of nitrogens with one attached hydrogen (secondary N) is 1. The van der Waals surface area contributed by atoms with Crippen molar-refractivity contribution >= 4 is 29.4 Å². The maximum atomic E-state index is 13.8. The molecule has 0 fully saturated rings. The van der Waals surface area contributed by atoms with E-state index in [9.17, 15) is 31.1 Å². The maximum Gasteiger partial charge on any atom is 0.417 e. The molecule has 0 aromatic heterocycles. The molecule has 1 aromatic carbocycles. The third kappa shape index (κ3) is 3.82. The fraction of sp³-hybridized carbons (Fsp3) is 0.429. The van der Waals surface area contributed by atoms with E-state index in [1.54, 1.807) is 0 Å². The number of benzene rings is 1. The Morgan fingerprint density at radius 2 is 1.83 bits per heavy atom. The van der Waals surface area contributed by atoms with Crippen LogP contribution in [-0.2, 0) is 10.3 Å². The van der Waals surface area contributed by atoms with Gasteiger partial charge in [0.15, 0.2) is 5.54 Å². The van der Waals surface area contributed by atoms with Crippen molar-refractivity contribution < 1.29 is 31.1 Å². The van der Waals surface area contributed by atoms with Crippen LogP contribution in [0.3, 0.4) is 0 Å². The summed E-state index contributed by atoms with van der Waals surface area (Å²) in [6.45, 7) is 0. The molecule has 1 N–H and O–H groups in total. The highest BCUT2D eigenvalue weighted by atomic mass is 35.5. The number of alkyl halides is 6. The first-order valence-corrected chi connectivity index (χ1v) is 7.12. The second kappa shape index (κ2) is 6.27. The number of carbonyl (C=O) groups is 1. The zero-order valence-electron chi connectivity index (χ0n) is 11.9. The molecule has 1 amide bonds. The molecule has 0 radical (unpaired) electrons. The van der Waals surface area contributed by atoms with Crippen LogP contribution < -0.4 is 5.32 Å². The van der Waals surface area contributed by atoms with Crippen LogP contribution >= 0.6 is 11.6 Å². The molecular formula is C14H11ClF6N2O. The van der Waals surface area contributed by atoms with Crippen LogP contribution in [0.25, 0.3) is 0 Å². The first kappa shape index (κ1) is 18.6. The Morgan fingerprint density at radius 1 is 1.17 bits per heavy atom. The molecule has 1 aromatic rings. The number of hydrogen-bond donors (Lipinski definition) is 1. The quantitative estimate of drug-likeness (QED) is 0.757. The predicted octanol–water partition coefficient (Wildman–Crippen LogP) is 4.85. The van der Waals surface area contributed by atoms with Gasteiger partial charge < -0.3 is 5.32 Å². The fourth-order valence-corrected chi connectivity index (χ4v) is 2.65. The Hall–Kier alpha value is -1.77. The van der Waals surface area contributed by atoms with Gasteiger partial charge in [0.1, 0.15) is 0 Å². The normalized spacial score (nSPS) is 21.2. The van der Waals surface area contributed by atoms with E-state index in [0.29, 0.717) is 6.21 Å². The summed E-state index contributed by atoms with van der Waals surface area (Å²) < 4.78 is 78.3. The lowest BCUT2D eigenvalue weighted by Gasteiger charge is -2.33. The summed E-state index contributed by atoms with van der Waals surface area (Å²) in [5.41, 5.74) is -3.64. The molecule has 1 aliphatic rings. The molecule has 1 unspecified atom stereocenters. The summed E-state index contributed by atoms with van der Waals surface area (Å²) in [5, 5.41) is 2.16. The Morgan fingerprint density at radius 3 is 2.42 bits per heavy atom. The van der Waals surface area contributed by atoms with E-state index >= 15 is 0 Å². The van der Waals surface area contributed by atoms with Gasteiger partial charge in [-0.15, -0.1) is 0 Å². The molecule has 0 aliphatic carbocycles. The average Bonchev–Trinajstić information content (AvgIpc) is 2.55. The molecule has 132 valence electrons. The molecule has 1 heterocycles. The predicted molar refractivity (Wildman–Crippen MR) is 76.2 cm³/mol. The van der Waals surface area contributed by atoms with E-state index in [0.717, 1.165) is 12.1 Å². The van der Waals surface area contributed by atoms with Gasteiger partial charge in [-0.1, -0.05) is 11.6 Å². The monoisotopic (exact) mass is 372 g/mol. The van der Waals surface area contributed by atoms with Gasteiger partial charge in [0.2, 0.25) is 0 Å². The maximum absolute atomic E-state index is 13.8. The lowest BCUT2D eigenvalue weighted by molar-refractivity contribution is -0.193. The Bertz CT molecular complexity index is 670. The zero-order chi connectivity index (χ0) is 18.2. The minimum absolute atomic E-state index is 0.0513. The van der Waals surface area contributed by atoms with E-state index in [2.05, 4.69) is 10.3 Å². The summed E-state index contributed by atoms with van der Waals surface area (Å²) in [6.07, 6.45) is -12.3. The summed E-state index contributed by atoms with van der Waals surface area (Å²) in [4.78, 5) is 14.9. The fourth-order valence-electron chi connectivity index (χ4n) is 2.48. The highest BCUT2D eigenvalue weighted by Crippen LogP contribution is 2.50. The molecule has 0 saturated carbocycles. The first-order chi connectivity index (χ1) is 10.9. The number of hydrogen-bond acceptors (Lipinski definition) is 2. The number of halogens is 7.